The molecule has 0 aliphatic rings. The van der Waals surface area contributed by atoms with Crippen molar-refractivity contribution in [1.29, 1.82) is 0 Å². The standard InChI is InChI=1S/C9H8Br2O/c10-5-4-8-7(6-12)2-1-3-9(8)11/h1-3,6H,4-5H2. The Bertz CT molecular complexity index is 284. The Kier molecular flexibility index (Phi) is 3.95. The van der Waals surface area contributed by atoms with Crippen LogP contribution in [-0.4, -0.2) is 11.6 Å². The molecule has 0 radical (unpaired) electrons. The molecular weight excluding hydrogens is 284 g/mol. The number of benzene rings is 1. The van der Waals surface area contributed by atoms with Crippen LogP contribution >= 0.6 is 31.9 Å². The van der Waals surface area contributed by atoms with E-state index in [-0.39, 0.29) is 0 Å². The number of carbonyl (C=O) groups is 1. The highest BCUT2D eigenvalue weighted by atomic mass is 79.9. The second-order valence-electron chi connectivity index (χ2n) is 2.36. The van der Waals surface area contributed by atoms with E-state index in [4.69, 9.17) is 0 Å². The van der Waals surface area contributed by atoms with E-state index in [0.717, 1.165) is 33.6 Å². The van der Waals surface area contributed by atoms with E-state index in [0.29, 0.717) is 0 Å². The highest BCUT2D eigenvalue weighted by Crippen LogP contribution is 2.20. The Balaban J connectivity index is 3.10. The van der Waals surface area contributed by atoms with Crippen LogP contribution in [0, 0.1) is 0 Å². The Morgan fingerprint density at radius 2 is 2.17 bits per heavy atom. The Morgan fingerprint density at radius 1 is 1.42 bits per heavy atom. The number of aldehydes is 1. The van der Waals surface area contributed by atoms with Gasteiger partial charge in [0.2, 0.25) is 0 Å². The maximum atomic E-state index is 10.6. The van der Waals surface area contributed by atoms with Crippen molar-refractivity contribution in [1.82, 2.24) is 0 Å². The third-order valence-corrected chi connectivity index (χ3v) is 2.77. The van der Waals surface area contributed by atoms with Gasteiger partial charge in [0, 0.05) is 15.4 Å². The number of hydrogen-bond donors (Lipinski definition) is 0. The fourth-order valence-corrected chi connectivity index (χ4v) is 2.02. The van der Waals surface area contributed by atoms with Crippen LogP contribution < -0.4 is 0 Å². The van der Waals surface area contributed by atoms with Gasteiger partial charge in [-0.25, -0.2) is 0 Å². The zero-order chi connectivity index (χ0) is 8.97. The predicted molar refractivity (Wildman–Crippen MR) is 57.0 cm³/mol. The zero-order valence-corrected chi connectivity index (χ0v) is 9.56. The van der Waals surface area contributed by atoms with Crippen molar-refractivity contribution in [2.24, 2.45) is 0 Å². The van der Waals surface area contributed by atoms with Crippen LogP contribution in [-0.2, 0) is 6.42 Å². The molecule has 0 aliphatic carbocycles. The molecule has 0 bridgehead atoms. The van der Waals surface area contributed by atoms with Crippen molar-refractivity contribution in [3.63, 3.8) is 0 Å². The number of carbonyl (C=O) groups excluding carboxylic acids is 1. The minimum Gasteiger partial charge on any atom is -0.298 e. The molecule has 64 valence electrons. The fraction of sp³-hybridized carbons (Fsp3) is 0.222. The third kappa shape index (κ3) is 2.17. The summed E-state index contributed by atoms with van der Waals surface area (Å²) in [5.74, 6) is 0. The molecule has 0 spiro atoms. The predicted octanol–water partition coefficient (Wildman–Crippen LogP) is 3.20. The average Bonchev–Trinajstić information content (AvgIpc) is 2.09. The number of alkyl halides is 1. The Labute approximate surface area is 88.4 Å². The van der Waals surface area contributed by atoms with E-state index in [1.54, 1.807) is 0 Å². The molecule has 12 heavy (non-hydrogen) atoms. The van der Waals surface area contributed by atoms with E-state index in [1.807, 2.05) is 18.2 Å². The normalized spacial score (nSPS) is 9.83. The van der Waals surface area contributed by atoms with Gasteiger partial charge < -0.3 is 0 Å². The molecule has 0 unspecified atom stereocenters. The highest BCUT2D eigenvalue weighted by Gasteiger charge is 2.03. The smallest absolute Gasteiger partial charge is 0.150 e. The Hall–Kier alpha value is -0.150. The van der Waals surface area contributed by atoms with Gasteiger partial charge in [0.25, 0.3) is 0 Å². The molecule has 0 saturated carbocycles. The van der Waals surface area contributed by atoms with Crippen LogP contribution in [0.2, 0.25) is 0 Å². The van der Waals surface area contributed by atoms with Crippen molar-refractivity contribution < 1.29 is 4.79 Å². The summed E-state index contributed by atoms with van der Waals surface area (Å²) >= 11 is 6.76. The summed E-state index contributed by atoms with van der Waals surface area (Å²) in [5.41, 5.74) is 1.84. The molecule has 1 rings (SSSR count). The quantitative estimate of drug-likeness (QED) is 0.617. The molecule has 0 saturated heterocycles. The summed E-state index contributed by atoms with van der Waals surface area (Å²) < 4.78 is 1.01. The van der Waals surface area contributed by atoms with Gasteiger partial charge in [-0.05, 0) is 18.1 Å². The maximum Gasteiger partial charge on any atom is 0.150 e. The number of rotatable bonds is 3. The van der Waals surface area contributed by atoms with Crippen LogP contribution in [0.25, 0.3) is 0 Å². The molecule has 1 aromatic carbocycles. The van der Waals surface area contributed by atoms with Crippen molar-refractivity contribution >= 4 is 38.1 Å². The summed E-state index contributed by atoms with van der Waals surface area (Å²) in [6.45, 7) is 0. The van der Waals surface area contributed by atoms with Crippen LogP contribution in [0.3, 0.4) is 0 Å². The lowest BCUT2D eigenvalue weighted by atomic mass is 10.1. The molecule has 0 fully saturated rings. The van der Waals surface area contributed by atoms with E-state index in [1.165, 1.54) is 0 Å². The van der Waals surface area contributed by atoms with Gasteiger partial charge in [0.15, 0.2) is 0 Å². The molecule has 0 heterocycles. The second-order valence-corrected chi connectivity index (χ2v) is 4.01. The first kappa shape index (κ1) is 9.93. The lowest BCUT2D eigenvalue weighted by Gasteiger charge is -2.04. The first-order valence-corrected chi connectivity index (χ1v) is 5.49. The molecule has 1 nitrogen and oxygen atoms in total. The zero-order valence-electron chi connectivity index (χ0n) is 6.39. The second kappa shape index (κ2) is 4.77. The molecule has 0 aromatic heterocycles. The molecule has 0 N–H and O–H groups in total. The fourth-order valence-electron chi connectivity index (χ4n) is 1.04. The van der Waals surface area contributed by atoms with Crippen molar-refractivity contribution in [3.05, 3.63) is 33.8 Å². The monoisotopic (exact) mass is 290 g/mol. The minimum atomic E-state index is 0.767. The largest absolute Gasteiger partial charge is 0.298 e. The number of hydrogen-bond acceptors (Lipinski definition) is 1. The summed E-state index contributed by atoms with van der Waals surface area (Å²) in [7, 11) is 0. The van der Waals surface area contributed by atoms with E-state index in [2.05, 4.69) is 31.9 Å². The van der Waals surface area contributed by atoms with Gasteiger partial charge in [0.05, 0.1) is 0 Å². The van der Waals surface area contributed by atoms with Gasteiger partial charge in [-0.3, -0.25) is 4.79 Å². The lowest BCUT2D eigenvalue weighted by molar-refractivity contribution is 0.112. The summed E-state index contributed by atoms with van der Waals surface area (Å²) in [6.07, 6.45) is 1.76. The molecule has 3 heteroatoms. The average molecular weight is 292 g/mol. The van der Waals surface area contributed by atoms with Gasteiger partial charge in [-0.2, -0.15) is 0 Å². The third-order valence-electron chi connectivity index (χ3n) is 1.63. The summed E-state index contributed by atoms with van der Waals surface area (Å²) in [6, 6.07) is 5.65. The van der Waals surface area contributed by atoms with Crippen LogP contribution in [0.1, 0.15) is 15.9 Å². The first-order chi connectivity index (χ1) is 5.79. The van der Waals surface area contributed by atoms with Gasteiger partial charge in [-0.15, -0.1) is 0 Å². The summed E-state index contributed by atoms with van der Waals surface area (Å²) in [5, 5.41) is 0.871. The van der Waals surface area contributed by atoms with Crippen molar-refractivity contribution in [2.45, 2.75) is 6.42 Å². The molecule has 0 atom stereocenters. The van der Waals surface area contributed by atoms with E-state index < -0.39 is 0 Å². The number of halogens is 2. The van der Waals surface area contributed by atoms with Crippen LogP contribution in [0.5, 0.6) is 0 Å². The van der Waals surface area contributed by atoms with Crippen molar-refractivity contribution in [2.75, 3.05) is 5.33 Å². The maximum absolute atomic E-state index is 10.6. The molecule has 1 aromatic rings. The van der Waals surface area contributed by atoms with Gasteiger partial charge in [-0.1, -0.05) is 44.0 Å². The van der Waals surface area contributed by atoms with E-state index in [9.17, 15) is 4.79 Å². The topological polar surface area (TPSA) is 17.1 Å². The lowest BCUT2D eigenvalue weighted by Crippen LogP contribution is -1.94. The first-order valence-electron chi connectivity index (χ1n) is 3.58. The van der Waals surface area contributed by atoms with Crippen LogP contribution in [0.4, 0.5) is 0 Å². The van der Waals surface area contributed by atoms with Gasteiger partial charge in [0.1, 0.15) is 6.29 Å². The Morgan fingerprint density at radius 3 is 2.75 bits per heavy atom. The molecule has 0 aliphatic heterocycles. The highest BCUT2D eigenvalue weighted by molar-refractivity contribution is 9.10. The van der Waals surface area contributed by atoms with Crippen molar-refractivity contribution in [3.8, 4) is 0 Å². The minimum absolute atomic E-state index is 0.767. The van der Waals surface area contributed by atoms with Crippen LogP contribution in [0.15, 0.2) is 22.7 Å². The SMILES string of the molecule is O=Cc1cccc(Br)c1CCBr. The van der Waals surface area contributed by atoms with E-state index >= 15 is 0 Å². The molecule has 0 amide bonds. The summed E-state index contributed by atoms with van der Waals surface area (Å²) in [4.78, 5) is 10.6. The molecular formula is C9H8Br2O. The van der Waals surface area contributed by atoms with Gasteiger partial charge >= 0.3 is 0 Å².